The maximum atomic E-state index is 12.4. The van der Waals surface area contributed by atoms with Gasteiger partial charge in [-0.15, -0.1) is 0 Å². The summed E-state index contributed by atoms with van der Waals surface area (Å²) in [5.41, 5.74) is -0.327. The van der Waals surface area contributed by atoms with Gasteiger partial charge >= 0.3 is 6.18 Å². The maximum absolute atomic E-state index is 12.4. The van der Waals surface area contributed by atoms with Crippen LogP contribution in [-0.4, -0.2) is 9.97 Å². The second-order valence-electron chi connectivity index (χ2n) is 3.52. The largest absolute Gasteiger partial charge is 0.416 e. The Morgan fingerprint density at radius 3 is 1.84 bits per heavy atom. The van der Waals surface area contributed by atoms with Crippen LogP contribution in [0.25, 0.3) is 11.4 Å². The number of aromatic nitrogens is 2. The SMILES string of the molecule is FC(F)(F)c1ccc(-c2nc(Cl)c(I)c(Cl)n2)cc1. The minimum Gasteiger partial charge on any atom is -0.215 e. The third-order valence-corrected chi connectivity index (χ3v) is 4.45. The van der Waals surface area contributed by atoms with Gasteiger partial charge in [-0.3, -0.25) is 0 Å². The number of rotatable bonds is 1. The average molecular weight is 419 g/mol. The highest BCUT2D eigenvalue weighted by Gasteiger charge is 2.30. The first-order chi connectivity index (χ1) is 8.79. The van der Waals surface area contributed by atoms with Crippen molar-refractivity contribution in [3.63, 3.8) is 0 Å². The topological polar surface area (TPSA) is 25.8 Å². The van der Waals surface area contributed by atoms with Crippen molar-refractivity contribution >= 4 is 45.8 Å². The Morgan fingerprint density at radius 1 is 0.947 bits per heavy atom. The Kier molecular flexibility index (Phi) is 4.22. The quantitative estimate of drug-likeness (QED) is 0.477. The Hall–Kier alpha value is -0.600. The number of halogens is 6. The summed E-state index contributed by atoms with van der Waals surface area (Å²) < 4.78 is 37.8. The lowest BCUT2D eigenvalue weighted by Crippen LogP contribution is -2.04. The van der Waals surface area contributed by atoms with Gasteiger partial charge in [-0.2, -0.15) is 13.2 Å². The Labute approximate surface area is 130 Å². The number of hydrogen-bond donors (Lipinski definition) is 0. The molecule has 0 saturated carbocycles. The Balaban J connectivity index is 2.43. The predicted molar refractivity (Wildman–Crippen MR) is 75.2 cm³/mol. The molecule has 0 N–H and O–H groups in total. The van der Waals surface area contributed by atoms with E-state index >= 15 is 0 Å². The van der Waals surface area contributed by atoms with Crippen LogP contribution in [0.15, 0.2) is 24.3 Å². The lowest BCUT2D eigenvalue weighted by molar-refractivity contribution is -0.137. The molecular weight excluding hydrogens is 415 g/mol. The first kappa shape index (κ1) is 14.8. The highest BCUT2D eigenvalue weighted by molar-refractivity contribution is 14.1. The van der Waals surface area contributed by atoms with Gasteiger partial charge in [0.05, 0.1) is 9.13 Å². The van der Waals surface area contributed by atoms with Crippen molar-refractivity contribution in [2.24, 2.45) is 0 Å². The minimum absolute atomic E-state index is 0.162. The van der Waals surface area contributed by atoms with E-state index in [1.807, 2.05) is 22.6 Å². The van der Waals surface area contributed by atoms with E-state index in [2.05, 4.69) is 9.97 Å². The van der Waals surface area contributed by atoms with Crippen LogP contribution in [0.3, 0.4) is 0 Å². The molecule has 0 fully saturated rings. The lowest BCUT2D eigenvalue weighted by Gasteiger charge is -2.08. The van der Waals surface area contributed by atoms with E-state index in [1.165, 1.54) is 12.1 Å². The van der Waals surface area contributed by atoms with E-state index in [0.29, 0.717) is 9.13 Å². The lowest BCUT2D eigenvalue weighted by atomic mass is 10.1. The van der Waals surface area contributed by atoms with Crippen molar-refractivity contribution < 1.29 is 13.2 Å². The van der Waals surface area contributed by atoms with Crippen LogP contribution in [0.2, 0.25) is 10.3 Å². The number of hydrogen-bond acceptors (Lipinski definition) is 2. The van der Waals surface area contributed by atoms with Crippen LogP contribution >= 0.6 is 45.8 Å². The second-order valence-corrected chi connectivity index (χ2v) is 5.31. The molecule has 0 spiro atoms. The molecule has 0 bridgehead atoms. The van der Waals surface area contributed by atoms with Crippen molar-refractivity contribution in [1.82, 2.24) is 9.97 Å². The number of nitrogens with zero attached hydrogens (tertiary/aromatic N) is 2. The molecule has 19 heavy (non-hydrogen) atoms. The molecule has 2 nitrogen and oxygen atoms in total. The summed E-state index contributed by atoms with van der Waals surface area (Å²) in [5, 5.41) is 0.325. The fourth-order valence-corrected chi connectivity index (χ4v) is 1.96. The van der Waals surface area contributed by atoms with Crippen LogP contribution < -0.4 is 0 Å². The normalized spacial score (nSPS) is 11.7. The predicted octanol–water partition coefficient (Wildman–Crippen LogP) is 5.07. The van der Waals surface area contributed by atoms with Crippen molar-refractivity contribution in [1.29, 1.82) is 0 Å². The van der Waals surface area contributed by atoms with Gasteiger partial charge in [0, 0.05) is 5.56 Å². The van der Waals surface area contributed by atoms with E-state index in [9.17, 15) is 13.2 Å². The summed E-state index contributed by atoms with van der Waals surface area (Å²) in [7, 11) is 0. The van der Waals surface area contributed by atoms with Gasteiger partial charge < -0.3 is 0 Å². The molecule has 0 unspecified atom stereocenters. The van der Waals surface area contributed by atoms with Gasteiger partial charge in [0.15, 0.2) is 5.82 Å². The third kappa shape index (κ3) is 3.29. The number of alkyl halides is 3. The zero-order valence-corrected chi connectivity index (χ0v) is 12.6. The summed E-state index contributed by atoms with van der Waals surface area (Å²) in [6, 6.07) is 4.46. The molecular formula is C11H4Cl2F3IN2. The molecule has 8 heteroatoms. The molecule has 1 aromatic carbocycles. The maximum Gasteiger partial charge on any atom is 0.416 e. The first-order valence-corrected chi connectivity index (χ1v) is 6.68. The summed E-state index contributed by atoms with van der Waals surface area (Å²) in [5.74, 6) is 0.184. The fourth-order valence-electron chi connectivity index (χ4n) is 1.33. The molecule has 100 valence electrons. The van der Waals surface area contributed by atoms with Crippen LogP contribution in [-0.2, 0) is 6.18 Å². The van der Waals surface area contributed by atoms with Gasteiger partial charge in [0.1, 0.15) is 10.3 Å². The zero-order chi connectivity index (χ0) is 14.2. The van der Waals surface area contributed by atoms with E-state index in [1.54, 1.807) is 0 Å². The molecule has 0 aliphatic heterocycles. The zero-order valence-electron chi connectivity index (χ0n) is 8.97. The highest BCUT2D eigenvalue weighted by atomic mass is 127. The molecule has 0 amide bonds. The van der Waals surface area contributed by atoms with E-state index in [4.69, 9.17) is 23.2 Å². The molecule has 2 aromatic rings. The van der Waals surface area contributed by atoms with Crippen LogP contribution in [0.4, 0.5) is 13.2 Å². The minimum atomic E-state index is -4.37. The van der Waals surface area contributed by atoms with E-state index in [-0.39, 0.29) is 16.1 Å². The van der Waals surface area contributed by atoms with Gasteiger partial charge in [-0.05, 0) is 34.7 Å². The monoisotopic (exact) mass is 418 g/mol. The van der Waals surface area contributed by atoms with Crippen LogP contribution in [0.1, 0.15) is 5.56 Å². The number of benzene rings is 1. The highest BCUT2D eigenvalue weighted by Crippen LogP contribution is 2.31. The molecule has 1 heterocycles. The van der Waals surface area contributed by atoms with Crippen molar-refractivity contribution in [2.75, 3.05) is 0 Å². The first-order valence-electron chi connectivity index (χ1n) is 4.85. The van der Waals surface area contributed by atoms with Crippen molar-refractivity contribution in [2.45, 2.75) is 6.18 Å². The molecule has 0 atom stereocenters. The van der Waals surface area contributed by atoms with E-state index < -0.39 is 11.7 Å². The van der Waals surface area contributed by atoms with E-state index in [0.717, 1.165) is 12.1 Å². The Morgan fingerprint density at radius 2 is 1.42 bits per heavy atom. The summed E-state index contributed by atoms with van der Waals surface area (Å²) >= 11 is 13.6. The second kappa shape index (κ2) is 5.41. The Bertz CT molecular complexity index is 591. The molecule has 0 radical (unpaired) electrons. The van der Waals surface area contributed by atoms with Crippen molar-refractivity contribution in [3.8, 4) is 11.4 Å². The van der Waals surface area contributed by atoms with Crippen LogP contribution in [0.5, 0.6) is 0 Å². The summed E-state index contributed by atoms with van der Waals surface area (Å²) in [6.07, 6.45) is -4.37. The van der Waals surface area contributed by atoms with Gasteiger partial charge in [-0.25, -0.2) is 9.97 Å². The molecule has 2 rings (SSSR count). The summed E-state index contributed by atoms with van der Waals surface area (Å²) in [6.45, 7) is 0. The standard InChI is InChI=1S/C11H4Cl2F3IN2/c12-8-7(17)9(13)19-10(18-8)5-1-3-6(4-2-5)11(14,15)16/h1-4H. The van der Waals surface area contributed by atoms with Gasteiger partial charge in [-0.1, -0.05) is 35.3 Å². The summed E-state index contributed by atoms with van der Waals surface area (Å²) in [4.78, 5) is 7.95. The molecule has 0 aliphatic carbocycles. The average Bonchev–Trinajstić information content (AvgIpc) is 2.34. The van der Waals surface area contributed by atoms with Gasteiger partial charge in [0.25, 0.3) is 0 Å². The third-order valence-electron chi connectivity index (χ3n) is 2.24. The van der Waals surface area contributed by atoms with Crippen LogP contribution in [0, 0.1) is 3.57 Å². The van der Waals surface area contributed by atoms with Gasteiger partial charge in [0.2, 0.25) is 0 Å². The fraction of sp³-hybridized carbons (Fsp3) is 0.0909. The molecule has 1 aromatic heterocycles. The molecule has 0 aliphatic rings. The van der Waals surface area contributed by atoms with Crippen molar-refractivity contribution in [3.05, 3.63) is 43.7 Å². The molecule has 0 saturated heterocycles. The smallest absolute Gasteiger partial charge is 0.215 e.